The van der Waals surface area contributed by atoms with E-state index in [1.54, 1.807) is 42.5 Å². The van der Waals surface area contributed by atoms with Crippen LogP contribution >= 0.6 is 11.6 Å². The molecule has 2 aromatic carbocycles. The van der Waals surface area contributed by atoms with Crippen LogP contribution in [0, 0.1) is 0 Å². The van der Waals surface area contributed by atoms with Gasteiger partial charge in [0.25, 0.3) is 0 Å². The average molecular weight is 428 g/mol. The van der Waals surface area contributed by atoms with Crippen LogP contribution in [0.5, 0.6) is 11.5 Å². The van der Waals surface area contributed by atoms with Gasteiger partial charge < -0.3 is 14.7 Å². The number of hydrogen-bond acceptors (Lipinski definition) is 4. The first kappa shape index (κ1) is 23.7. The zero-order valence-corrected chi connectivity index (χ0v) is 18.9. The highest BCUT2D eigenvalue weighted by Gasteiger charge is 2.18. The van der Waals surface area contributed by atoms with Crippen LogP contribution in [-0.4, -0.2) is 42.0 Å². The van der Waals surface area contributed by atoms with Gasteiger partial charge >= 0.3 is 0 Å². The second-order valence-electron chi connectivity index (χ2n) is 6.98. The molecule has 0 spiro atoms. The molecule has 0 aliphatic rings. The molecule has 0 aliphatic carbocycles. The molecule has 0 radical (unpaired) electrons. The van der Waals surface area contributed by atoms with E-state index >= 15 is 0 Å². The topological polar surface area (TPSA) is 49.8 Å². The Balaban J connectivity index is 2.24. The molecular formula is C25H30ClNO3. The van der Waals surface area contributed by atoms with Crippen LogP contribution in [0.4, 0.5) is 0 Å². The molecule has 0 atom stereocenters. The molecule has 0 saturated carbocycles. The predicted octanol–water partition coefficient (Wildman–Crippen LogP) is 6.00. The van der Waals surface area contributed by atoms with Crippen molar-refractivity contribution in [1.29, 1.82) is 0 Å². The van der Waals surface area contributed by atoms with Crippen molar-refractivity contribution in [2.75, 3.05) is 26.2 Å². The van der Waals surface area contributed by atoms with Gasteiger partial charge in [-0.2, -0.15) is 0 Å². The lowest BCUT2D eigenvalue weighted by Gasteiger charge is -2.18. The summed E-state index contributed by atoms with van der Waals surface area (Å²) in [5.41, 5.74) is 2.23. The molecule has 2 rings (SSSR count). The standard InChI is InChI=1S/C25H30ClNO3/c1-5-18(4)16-23(22-17-20(26)10-13-24(22)28)25(29)19-8-11-21(12-9-19)30-15-14-27(6-2)7-3/h5,8-13,16-17,28H,6-7,14-15H2,1-4H3/b18-5+,23-16-. The molecule has 5 heteroatoms. The minimum atomic E-state index is -0.191. The summed E-state index contributed by atoms with van der Waals surface area (Å²) >= 11 is 6.11. The number of halogens is 1. The Morgan fingerprint density at radius 3 is 2.40 bits per heavy atom. The normalized spacial score (nSPS) is 12.3. The summed E-state index contributed by atoms with van der Waals surface area (Å²) in [6.07, 6.45) is 3.67. The van der Waals surface area contributed by atoms with Crippen LogP contribution in [0.15, 0.2) is 60.2 Å². The monoisotopic (exact) mass is 427 g/mol. The van der Waals surface area contributed by atoms with Gasteiger partial charge in [-0.1, -0.05) is 37.1 Å². The van der Waals surface area contributed by atoms with Gasteiger partial charge in [0.2, 0.25) is 0 Å². The summed E-state index contributed by atoms with van der Waals surface area (Å²) < 4.78 is 5.80. The average Bonchev–Trinajstić information content (AvgIpc) is 2.76. The van der Waals surface area contributed by atoms with Gasteiger partial charge in [0.15, 0.2) is 5.78 Å². The van der Waals surface area contributed by atoms with Crippen molar-refractivity contribution >= 4 is 23.0 Å². The Morgan fingerprint density at radius 1 is 1.13 bits per heavy atom. The molecule has 0 bridgehead atoms. The van der Waals surface area contributed by atoms with Crippen LogP contribution in [0.1, 0.15) is 43.6 Å². The number of aromatic hydroxyl groups is 1. The van der Waals surface area contributed by atoms with E-state index in [2.05, 4.69) is 18.7 Å². The fourth-order valence-corrected chi connectivity index (χ4v) is 3.16. The van der Waals surface area contributed by atoms with Gasteiger partial charge in [-0.25, -0.2) is 0 Å². The number of benzene rings is 2. The van der Waals surface area contributed by atoms with Gasteiger partial charge in [0.1, 0.15) is 18.1 Å². The van der Waals surface area contributed by atoms with Crippen LogP contribution in [0.25, 0.3) is 5.57 Å². The fourth-order valence-electron chi connectivity index (χ4n) is 2.99. The fraction of sp³-hybridized carbons (Fsp3) is 0.320. The lowest BCUT2D eigenvalue weighted by atomic mass is 9.94. The molecule has 160 valence electrons. The largest absolute Gasteiger partial charge is 0.507 e. The van der Waals surface area contributed by atoms with Crippen LogP contribution in [-0.2, 0) is 0 Å². The van der Waals surface area contributed by atoms with Crippen molar-refractivity contribution in [3.05, 3.63) is 76.3 Å². The van der Waals surface area contributed by atoms with Crippen molar-refractivity contribution in [3.8, 4) is 11.5 Å². The SMILES string of the molecule is C/C=C(C)/C=C(\C(=O)c1ccc(OCCN(CC)CC)cc1)c1cc(Cl)ccc1O. The minimum Gasteiger partial charge on any atom is -0.507 e. The van der Waals surface area contributed by atoms with Crippen molar-refractivity contribution < 1.29 is 14.6 Å². The maximum absolute atomic E-state index is 13.3. The van der Waals surface area contributed by atoms with E-state index in [0.717, 1.165) is 31.0 Å². The maximum atomic E-state index is 13.3. The third-order valence-electron chi connectivity index (χ3n) is 5.01. The Kier molecular flexibility index (Phi) is 9.15. The summed E-state index contributed by atoms with van der Waals surface area (Å²) in [6, 6.07) is 11.8. The highest BCUT2D eigenvalue weighted by atomic mass is 35.5. The summed E-state index contributed by atoms with van der Waals surface area (Å²) in [7, 11) is 0. The van der Waals surface area contributed by atoms with Crippen LogP contribution < -0.4 is 4.74 Å². The number of carbonyl (C=O) groups excluding carboxylic acids is 1. The van der Waals surface area contributed by atoms with E-state index in [-0.39, 0.29) is 11.5 Å². The van der Waals surface area contributed by atoms with E-state index in [1.807, 2.05) is 19.9 Å². The lowest BCUT2D eigenvalue weighted by molar-refractivity contribution is 0.105. The molecule has 0 unspecified atom stereocenters. The number of phenols is 1. The molecule has 0 aromatic heterocycles. The van der Waals surface area contributed by atoms with Crippen molar-refractivity contribution in [3.63, 3.8) is 0 Å². The predicted molar refractivity (Wildman–Crippen MR) is 125 cm³/mol. The van der Waals surface area contributed by atoms with E-state index < -0.39 is 0 Å². The Labute approximate surface area is 184 Å². The second kappa shape index (κ2) is 11.6. The number of likely N-dealkylation sites (N-methyl/N-ethyl adjacent to an activating group) is 1. The number of nitrogens with zero attached hydrogens (tertiary/aromatic N) is 1. The number of hydrogen-bond donors (Lipinski definition) is 1. The number of rotatable bonds is 10. The van der Waals surface area contributed by atoms with E-state index in [4.69, 9.17) is 16.3 Å². The maximum Gasteiger partial charge on any atom is 0.193 e. The van der Waals surface area contributed by atoms with E-state index in [9.17, 15) is 9.90 Å². The zero-order valence-electron chi connectivity index (χ0n) is 18.1. The number of carbonyl (C=O) groups is 1. The second-order valence-corrected chi connectivity index (χ2v) is 7.42. The molecule has 4 nitrogen and oxygen atoms in total. The van der Waals surface area contributed by atoms with Crippen LogP contribution in [0.2, 0.25) is 5.02 Å². The molecule has 30 heavy (non-hydrogen) atoms. The number of Topliss-reactive ketones (excluding diaryl/α,β-unsaturated/α-hetero) is 1. The summed E-state index contributed by atoms with van der Waals surface area (Å²) in [4.78, 5) is 15.5. The Bertz CT molecular complexity index is 912. The Morgan fingerprint density at radius 2 is 1.80 bits per heavy atom. The number of phenolic OH excluding ortho intramolecular Hbond substituents is 1. The summed E-state index contributed by atoms with van der Waals surface area (Å²) in [5.74, 6) is 0.544. The molecule has 0 aliphatic heterocycles. The highest BCUT2D eigenvalue weighted by molar-refractivity contribution is 6.33. The number of ketones is 1. The quantitative estimate of drug-likeness (QED) is 0.287. The lowest BCUT2D eigenvalue weighted by Crippen LogP contribution is -2.27. The number of allylic oxidation sites excluding steroid dienone is 4. The highest BCUT2D eigenvalue weighted by Crippen LogP contribution is 2.31. The molecule has 0 fully saturated rings. The molecule has 0 saturated heterocycles. The van der Waals surface area contributed by atoms with Gasteiger partial charge in [0.05, 0.1) is 0 Å². The third kappa shape index (κ3) is 6.48. The van der Waals surface area contributed by atoms with Gasteiger partial charge in [-0.15, -0.1) is 0 Å². The molecule has 1 N–H and O–H groups in total. The van der Waals surface area contributed by atoms with Gasteiger partial charge in [-0.05, 0) is 75.5 Å². The zero-order chi connectivity index (χ0) is 22.1. The smallest absolute Gasteiger partial charge is 0.193 e. The molecular weight excluding hydrogens is 398 g/mol. The Hall–Kier alpha value is -2.56. The molecule has 0 heterocycles. The van der Waals surface area contributed by atoms with E-state index in [0.29, 0.717) is 28.3 Å². The van der Waals surface area contributed by atoms with E-state index in [1.165, 1.54) is 6.07 Å². The first-order chi connectivity index (χ1) is 14.4. The van der Waals surface area contributed by atoms with Crippen molar-refractivity contribution in [2.24, 2.45) is 0 Å². The third-order valence-corrected chi connectivity index (χ3v) is 5.24. The number of ether oxygens (including phenoxy) is 1. The first-order valence-electron chi connectivity index (χ1n) is 10.2. The summed E-state index contributed by atoms with van der Waals surface area (Å²) in [5, 5.41) is 10.8. The van der Waals surface area contributed by atoms with Gasteiger partial charge in [0, 0.05) is 28.3 Å². The summed E-state index contributed by atoms with van der Waals surface area (Å²) in [6.45, 7) is 11.5. The van der Waals surface area contributed by atoms with Crippen molar-refractivity contribution in [2.45, 2.75) is 27.7 Å². The first-order valence-corrected chi connectivity index (χ1v) is 10.6. The van der Waals surface area contributed by atoms with Crippen molar-refractivity contribution in [1.82, 2.24) is 4.90 Å². The molecule has 2 aromatic rings. The molecule has 0 amide bonds. The van der Waals surface area contributed by atoms with Gasteiger partial charge in [-0.3, -0.25) is 4.79 Å². The van der Waals surface area contributed by atoms with Crippen LogP contribution in [0.3, 0.4) is 0 Å². The minimum absolute atomic E-state index is 0.0132.